The highest BCUT2D eigenvalue weighted by Crippen LogP contribution is 2.34. The van der Waals surface area contributed by atoms with Gasteiger partial charge in [-0.2, -0.15) is 0 Å². The zero-order valence-electron chi connectivity index (χ0n) is 18.0. The first-order valence-corrected chi connectivity index (χ1v) is 10.8. The summed E-state index contributed by atoms with van der Waals surface area (Å²) in [4.78, 5) is 27.2. The molecule has 0 unspecified atom stereocenters. The van der Waals surface area contributed by atoms with Crippen molar-refractivity contribution in [2.24, 2.45) is 0 Å². The van der Waals surface area contributed by atoms with Crippen LogP contribution in [0.15, 0.2) is 30.5 Å². The fourth-order valence-corrected chi connectivity index (χ4v) is 4.63. The van der Waals surface area contributed by atoms with Gasteiger partial charge in [0.05, 0.1) is 32.5 Å². The summed E-state index contributed by atoms with van der Waals surface area (Å²) >= 11 is 0. The molecule has 1 saturated heterocycles. The van der Waals surface area contributed by atoms with Crippen molar-refractivity contribution in [3.05, 3.63) is 41.7 Å². The largest absolute Gasteiger partial charge is 0.497 e. The number of carbonyl (C=O) groups excluding carboxylic acids is 2. The van der Waals surface area contributed by atoms with Crippen LogP contribution in [0.2, 0.25) is 0 Å². The molecule has 9 nitrogen and oxygen atoms in total. The fraction of sp³-hybridized carbons (Fsp3) is 0.545. The van der Waals surface area contributed by atoms with Crippen LogP contribution in [0.4, 0.5) is 0 Å². The Kier molecular flexibility index (Phi) is 6.50. The van der Waals surface area contributed by atoms with Crippen LogP contribution < -0.4 is 10.1 Å². The Labute approximate surface area is 181 Å². The third-order valence-electron chi connectivity index (χ3n) is 6.32. The highest BCUT2D eigenvalue weighted by Gasteiger charge is 2.42. The Morgan fingerprint density at radius 3 is 2.55 bits per heavy atom. The molecular weight excluding hydrogens is 398 g/mol. The standard InChI is InChI=1S/C22H29N5O4/c1-30-18-9-7-15(8-10-18)12-23-21(28)20-11-17(13-26(20)16-5-3-4-6-16)27-14-19(24-25-27)22(29)31-2/h7-10,14,16-17,20H,3-6,11-13H2,1-2H3,(H,23,28)/t17-,20-/m0/s1. The normalized spacial score (nSPS) is 21.9. The summed E-state index contributed by atoms with van der Waals surface area (Å²) in [6.07, 6.45) is 6.86. The summed E-state index contributed by atoms with van der Waals surface area (Å²) in [5.74, 6) is 0.310. The minimum atomic E-state index is -0.509. The van der Waals surface area contributed by atoms with Crippen molar-refractivity contribution in [3.8, 4) is 5.75 Å². The van der Waals surface area contributed by atoms with E-state index in [-0.39, 0.29) is 23.7 Å². The molecule has 1 amide bonds. The smallest absolute Gasteiger partial charge is 0.360 e. The first-order chi connectivity index (χ1) is 15.1. The van der Waals surface area contributed by atoms with E-state index in [1.165, 1.54) is 20.0 Å². The fourth-order valence-electron chi connectivity index (χ4n) is 4.63. The van der Waals surface area contributed by atoms with Gasteiger partial charge in [0.25, 0.3) is 0 Å². The number of rotatable bonds is 7. The minimum absolute atomic E-state index is 0.0109. The minimum Gasteiger partial charge on any atom is -0.497 e. The van der Waals surface area contributed by atoms with Gasteiger partial charge in [-0.05, 0) is 37.0 Å². The van der Waals surface area contributed by atoms with Crippen LogP contribution in [0.1, 0.15) is 54.2 Å². The third-order valence-corrected chi connectivity index (χ3v) is 6.32. The SMILES string of the molecule is COC(=O)c1cn([C@H]2C[C@@H](C(=O)NCc3ccc(OC)cc3)N(C3CCCC3)C2)nn1. The molecule has 166 valence electrons. The van der Waals surface area contributed by atoms with Crippen LogP contribution >= 0.6 is 0 Å². The van der Waals surface area contributed by atoms with Gasteiger partial charge in [0, 0.05) is 19.1 Å². The van der Waals surface area contributed by atoms with Crippen LogP contribution in [0.5, 0.6) is 5.75 Å². The third kappa shape index (κ3) is 4.71. The number of nitrogens with one attached hydrogen (secondary N) is 1. The number of esters is 1. The molecule has 2 heterocycles. The lowest BCUT2D eigenvalue weighted by Gasteiger charge is -2.29. The van der Waals surface area contributed by atoms with Crippen molar-refractivity contribution in [2.75, 3.05) is 20.8 Å². The van der Waals surface area contributed by atoms with E-state index >= 15 is 0 Å². The van der Waals surface area contributed by atoms with E-state index in [1.807, 2.05) is 24.3 Å². The second kappa shape index (κ2) is 9.47. The maximum Gasteiger partial charge on any atom is 0.360 e. The van der Waals surface area contributed by atoms with Crippen molar-refractivity contribution in [1.29, 1.82) is 0 Å². The van der Waals surface area contributed by atoms with Gasteiger partial charge in [-0.25, -0.2) is 9.48 Å². The van der Waals surface area contributed by atoms with Gasteiger partial charge in [-0.1, -0.05) is 30.2 Å². The number of ether oxygens (including phenoxy) is 2. The van der Waals surface area contributed by atoms with E-state index < -0.39 is 5.97 Å². The first kappa shape index (κ1) is 21.3. The van der Waals surface area contributed by atoms with Gasteiger partial charge < -0.3 is 14.8 Å². The number of carbonyl (C=O) groups is 2. The number of benzene rings is 1. The summed E-state index contributed by atoms with van der Waals surface area (Å²) in [5.41, 5.74) is 1.21. The zero-order valence-corrected chi connectivity index (χ0v) is 18.0. The number of nitrogens with zero attached hydrogens (tertiary/aromatic N) is 4. The van der Waals surface area contributed by atoms with Crippen molar-refractivity contribution in [2.45, 2.75) is 56.8 Å². The molecule has 31 heavy (non-hydrogen) atoms. The summed E-state index contributed by atoms with van der Waals surface area (Å²) in [7, 11) is 2.95. The van der Waals surface area contributed by atoms with Gasteiger partial charge >= 0.3 is 5.97 Å². The average molecular weight is 428 g/mol. The van der Waals surface area contributed by atoms with Crippen molar-refractivity contribution in [1.82, 2.24) is 25.2 Å². The van der Waals surface area contributed by atoms with Crippen LogP contribution in [0, 0.1) is 0 Å². The monoisotopic (exact) mass is 427 g/mol. The molecule has 1 aromatic carbocycles. The van der Waals surface area contributed by atoms with Gasteiger partial charge in [0.1, 0.15) is 5.75 Å². The van der Waals surface area contributed by atoms with Crippen molar-refractivity contribution < 1.29 is 19.1 Å². The predicted octanol–water partition coefficient (Wildman–Crippen LogP) is 1.95. The number of likely N-dealkylation sites (tertiary alicyclic amines) is 1. The molecule has 1 aromatic heterocycles. The van der Waals surface area contributed by atoms with Crippen LogP contribution in [0.3, 0.4) is 0 Å². The Bertz CT molecular complexity index is 907. The Morgan fingerprint density at radius 2 is 1.87 bits per heavy atom. The lowest BCUT2D eigenvalue weighted by Crippen LogP contribution is -2.46. The molecule has 0 spiro atoms. The van der Waals surface area contributed by atoms with Crippen LogP contribution in [-0.2, 0) is 16.1 Å². The molecule has 2 aliphatic rings. The van der Waals surface area contributed by atoms with E-state index in [9.17, 15) is 9.59 Å². The van der Waals surface area contributed by atoms with E-state index in [1.54, 1.807) is 18.0 Å². The quantitative estimate of drug-likeness (QED) is 0.674. The Balaban J connectivity index is 1.44. The van der Waals surface area contributed by atoms with Gasteiger partial charge in [-0.15, -0.1) is 5.10 Å². The van der Waals surface area contributed by atoms with Crippen LogP contribution in [0.25, 0.3) is 0 Å². The molecule has 1 aliphatic heterocycles. The summed E-state index contributed by atoms with van der Waals surface area (Å²) in [6.45, 7) is 1.19. The topological polar surface area (TPSA) is 98.6 Å². The highest BCUT2D eigenvalue weighted by atomic mass is 16.5. The van der Waals surface area contributed by atoms with Crippen molar-refractivity contribution >= 4 is 11.9 Å². The molecule has 1 aliphatic carbocycles. The number of methoxy groups -OCH3 is 2. The highest BCUT2D eigenvalue weighted by molar-refractivity contribution is 5.86. The molecule has 1 N–H and O–H groups in total. The molecule has 2 fully saturated rings. The van der Waals surface area contributed by atoms with Crippen LogP contribution in [-0.4, -0.2) is 64.6 Å². The molecule has 4 rings (SSSR count). The lowest BCUT2D eigenvalue weighted by molar-refractivity contribution is -0.126. The van der Waals surface area contributed by atoms with E-state index in [4.69, 9.17) is 9.47 Å². The van der Waals surface area contributed by atoms with E-state index in [2.05, 4.69) is 20.5 Å². The predicted molar refractivity (Wildman–Crippen MR) is 113 cm³/mol. The first-order valence-electron chi connectivity index (χ1n) is 10.8. The zero-order chi connectivity index (χ0) is 21.8. The maximum atomic E-state index is 13.1. The molecule has 0 bridgehead atoms. The van der Waals surface area contributed by atoms with Gasteiger partial charge in [0.15, 0.2) is 5.69 Å². The van der Waals surface area contributed by atoms with Crippen molar-refractivity contribution in [3.63, 3.8) is 0 Å². The maximum absolute atomic E-state index is 13.1. The molecule has 0 radical (unpaired) electrons. The second-order valence-electron chi connectivity index (χ2n) is 8.18. The Hall–Kier alpha value is -2.94. The second-order valence-corrected chi connectivity index (χ2v) is 8.18. The average Bonchev–Trinajstić information content (AvgIpc) is 3.56. The number of amides is 1. The molecule has 2 aromatic rings. The van der Waals surface area contributed by atoms with Gasteiger partial charge in [0.2, 0.25) is 5.91 Å². The molecular formula is C22H29N5O4. The summed E-state index contributed by atoms with van der Waals surface area (Å²) in [5, 5.41) is 11.1. The van der Waals surface area contributed by atoms with Gasteiger partial charge in [-0.3, -0.25) is 9.69 Å². The number of hydrogen-bond acceptors (Lipinski definition) is 7. The lowest BCUT2D eigenvalue weighted by atomic mass is 10.1. The number of hydrogen-bond donors (Lipinski definition) is 1. The molecule has 1 saturated carbocycles. The van der Waals surface area contributed by atoms with E-state index in [0.717, 1.165) is 30.7 Å². The molecule has 2 atom stereocenters. The summed E-state index contributed by atoms with van der Waals surface area (Å²) in [6, 6.07) is 7.86. The van der Waals surface area contributed by atoms with E-state index in [0.29, 0.717) is 19.0 Å². The Morgan fingerprint density at radius 1 is 1.13 bits per heavy atom. The summed E-state index contributed by atoms with van der Waals surface area (Å²) < 4.78 is 11.6. The molecule has 9 heteroatoms. The number of aromatic nitrogens is 3.